The van der Waals surface area contributed by atoms with Crippen LogP contribution in [0.2, 0.25) is 5.02 Å². The summed E-state index contributed by atoms with van der Waals surface area (Å²) in [5.74, 6) is 0.693. The van der Waals surface area contributed by atoms with E-state index in [1.54, 1.807) is 23.1 Å². The van der Waals surface area contributed by atoms with Gasteiger partial charge in [0.05, 0.1) is 11.5 Å². The van der Waals surface area contributed by atoms with Crippen LogP contribution in [0.15, 0.2) is 18.2 Å². The standard InChI is InChI=1S/C26H33ClN2O5/c1-14-3-4-19(27)8-21(14)28-23(31)15(2)34-24(32)22-9-20(30)13-29(22)25(33)26-10-16-5-17(11-26)7-18(6-16)12-26/h3-4,8,15-18,20,22,30H,5-7,9-13H2,1-2H3,(H,28,31)/t15-,16?,17?,18?,20-,22-,26?/m0/s1. The van der Waals surface area contributed by atoms with Crippen LogP contribution >= 0.6 is 11.6 Å². The smallest absolute Gasteiger partial charge is 0.329 e. The molecular formula is C26H33ClN2O5. The molecular weight excluding hydrogens is 456 g/mol. The van der Waals surface area contributed by atoms with Crippen LogP contribution in [0.5, 0.6) is 0 Å². The van der Waals surface area contributed by atoms with E-state index in [2.05, 4.69) is 5.32 Å². The molecule has 1 aromatic rings. The Balaban J connectivity index is 1.26. The van der Waals surface area contributed by atoms with Crippen molar-refractivity contribution < 1.29 is 24.2 Å². The SMILES string of the molecule is Cc1ccc(Cl)cc1NC(=O)[C@H](C)OC(=O)[C@@H]1C[C@H](O)CN1C(=O)C12CC3CC(CC(C3)C1)C2. The number of aryl methyl sites for hydroxylation is 1. The van der Waals surface area contributed by atoms with E-state index in [4.69, 9.17) is 16.3 Å². The predicted molar refractivity (Wildman–Crippen MR) is 127 cm³/mol. The number of nitrogens with one attached hydrogen (secondary N) is 1. The second-order valence-electron chi connectivity index (χ2n) is 11.1. The van der Waals surface area contributed by atoms with E-state index in [0.29, 0.717) is 28.5 Å². The largest absolute Gasteiger partial charge is 0.451 e. The van der Waals surface area contributed by atoms with Crippen molar-refractivity contribution >= 4 is 35.1 Å². The highest BCUT2D eigenvalue weighted by molar-refractivity contribution is 6.31. The molecule has 8 heteroatoms. The third kappa shape index (κ3) is 4.33. The molecule has 7 nitrogen and oxygen atoms in total. The number of rotatable bonds is 5. The summed E-state index contributed by atoms with van der Waals surface area (Å²) in [4.78, 5) is 41.1. The first-order valence-corrected chi connectivity index (χ1v) is 12.8. The van der Waals surface area contributed by atoms with Crippen molar-refractivity contribution in [1.29, 1.82) is 0 Å². The number of aliphatic hydroxyl groups excluding tert-OH is 1. The number of hydrogen-bond acceptors (Lipinski definition) is 5. The highest BCUT2D eigenvalue weighted by Gasteiger charge is 2.57. The maximum atomic E-state index is 13.8. The number of carbonyl (C=O) groups excluding carboxylic acids is 3. The number of ether oxygens (including phenoxy) is 1. The Morgan fingerprint density at radius 1 is 1.12 bits per heavy atom. The van der Waals surface area contributed by atoms with Crippen molar-refractivity contribution in [1.82, 2.24) is 4.90 Å². The molecule has 34 heavy (non-hydrogen) atoms. The number of β-amino-alcohol motifs (C(OH)–C–C–N with tert-alkyl or cyclic N) is 1. The van der Waals surface area contributed by atoms with Crippen LogP contribution in [0, 0.1) is 30.1 Å². The van der Waals surface area contributed by atoms with Crippen molar-refractivity contribution in [2.24, 2.45) is 23.2 Å². The van der Waals surface area contributed by atoms with Crippen LogP contribution in [-0.2, 0) is 19.1 Å². The summed E-state index contributed by atoms with van der Waals surface area (Å²) in [5.41, 5.74) is 0.989. The second-order valence-corrected chi connectivity index (χ2v) is 11.5. The second kappa shape index (κ2) is 8.83. The zero-order valence-electron chi connectivity index (χ0n) is 19.8. The third-order valence-corrected chi connectivity index (χ3v) is 8.66. The molecule has 0 radical (unpaired) electrons. The summed E-state index contributed by atoms with van der Waals surface area (Å²) in [5, 5.41) is 13.6. The molecule has 4 saturated carbocycles. The highest BCUT2D eigenvalue weighted by atomic mass is 35.5. The number of halogens is 1. The third-order valence-electron chi connectivity index (χ3n) is 8.42. The minimum atomic E-state index is -1.06. The summed E-state index contributed by atoms with van der Waals surface area (Å²) in [6.45, 7) is 3.49. The molecule has 3 atom stereocenters. The molecule has 0 spiro atoms. The zero-order chi connectivity index (χ0) is 24.2. The van der Waals surface area contributed by atoms with Crippen LogP contribution in [0.1, 0.15) is 57.4 Å². The van der Waals surface area contributed by atoms with Crippen molar-refractivity contribution in [3.8, 4) is 0 Å². The lowest BCUT2D eigenvalue weighted by atomic mass is 9.49. The van der Waals surface area contributed by atoms with E-state index >= 15 is 0 Å². The molecule has 2 amide bonds. The van der Waals surface area contributed by atoms with Crippen molar-refractivity contribution in [3.63, 3.8) is 0 Å². The fourth-order valence-corrected chi connectivity index (χ4v) is 7.38. The van der Waals surface area contributed by atoms with Gasteiger partial charge in [-0.25, -0.2) is 4.79 Å². The molecule has 5 aliphatic rings. The van der Waals surface area contributed by atoms with E-state index < -0.39 is 35.5 Å². The normalized spacial score (nSPS) is 34.7. The molecule has 2 N–H and O–H groups in total. The van der Waals surface area contributed by atoms with Crippen LogP contribution in [0.4, 0.5) is 5.69 Å². The van der Waals surface area contributed by atoms with E-state index in [-0.39, 0.29) is 18.9 Å². The molecule has 4 aliphatic carbocycles. The number of carbonyl (C=O) groups is 3. The summed E-state index contributed by atoms with van der Waals surface area (Å²) in [6, 6.07) is 4.31. The lowest BCUT2D eigenvalue weighted by Gasteiger charge is -2.56. The maximum Gasteiger partial charge on any atom is 0.329 e. The Morgan fingerprint density at radius 3 is 2.35 bits per heavy atom. The van der Waals surface area contributed by atoms with Crippen molar-refractivity contribution in [3.05, 3.63) is 28.8 Å². The molecule has 5 fully saturated rings. The lowest BCUT2D eigenvalue weighted by Crippen LogP contribution is -2.56. The molecule has 6 rings (SSSR count). The van der Waals surface area contributed by atoms with Gasteiger partial charge in [0.1, 0.15) is 6.04 Å². The summed E-state index contributed by atoms with van der Waals surface area (Å²) < 4.78 is 5.50. The van der Waals surface area contributed by atoms with Crippen molar-refractivity contribution in [2.75, 3.05) is 11.9 Å². The van der Waals surface area contributed by atoms with Crippen LogP contribution < -0.4 is 5.32 Å². The molecule has 1 heterocycles. The summed E-state index contributed by atoms with van der Waals surface area (Å²) in [7, 11) is 0. The van der Waals surface area contributed by atoms with Crippen LogP contribution in [0.25, 0.3) is 0 Å². The number of amides is 2. The van der Waals surface area contributed by atoms with Gasteiger partial charge in [0.2, 0.25) is 5.91 Å². The minimum absolute atomic E-state index is 0.00300. The molecule has 184 valence electrons. The molecule has 0 aromatic heterocycles. The number of hydrogen-bond donors (Lipinski definition) is 2. The fraction of sp³-hybridized carbons (Fsp3) is 0.654. The van der Waals surface area contributed by atoms with Crippen LogP contribution in [0.3, 0.4) is 0 Å². The number of anilines is 1. The molecule has 1 aliphatic heterocycles. The van der Waals surface area contributed by atoms with E-state index in [1.165, 1.54) is 26.2 Å². The predicted octanol–water partition coefficient (Wildman–Crippen LogP) is 3.70. The summed E-state index contributed by atoms with van der Waals surface area (Å²) in [6.07, 6.45) is 4.66. The van der Waals surface area contributed by atoms with Gasteiger partial charge in [-0.1, -0.05) is 17.7 Å². The first-order valence-electron chi connectivity index (χ1n) is 12.4. The van der Waals surface area contributed by atoms with E-state index in [9.17, 15) is 19.5 Å². The van der Waals surface area contributed by atoms with Gasteiger partial charge < -0.3 is 20.1 Å². The fourth-order valence-electron chi connectivity index (χ4n) is 7.21. The molecule has 4 bridgehead atoms. The molecule has 1 saturated heterocycles. The average molecular weight is 489 g/mol. The summed E-state index contributed by atoms with van der Waals surface area (Å²) >= 11 is 6.02. The Bertz CT molecular complexity index is 976. The number of aliphatic hydroxyl groups is 1. The molecule has 1 aromatic carbocycles. The van der Waals surface area contributed by atoms with Gasteiger partial charge in [-0.2, -0.15) is 0 Å². The maximum absolute atomic E-state index is 13.8. The van der Waals surface area contributed by atoms with Gasteiger partial charge in [0, 0.05) is 23.7 Å². The first kappa shape index (κ1) is 23.6. The first-order chi connectivity index (χ1) is 16.1. The number of esters is 1. The van der Waals surface area contributed by atoms with E-state index in [1.807, 2.05) is 6.92 Å². The van der Waals surface area contributed by atoms with Crippen LogP contribution in [-0.4, -0.2) is 52.6 Å². The van der Waals surface area contributed by atoms with E-state index in [0.717, 1.165) is 24.8 Å². The van der Waals surface area contributed by atoms with Gasteiger partial charge in [0.15, 0.2) is 6.10 Å². The monoisotopic (exact) mass is 488 g/mol. The zero-order valence-corrected chi connectivity index (χ0v) is 20.5. The quantitative estimate of drug-likeness (QED) is 0.616. The number of benzene rings is 1. The Hall–Kier alpha value is -2.12. The van der Waals surface area contributed by atoms with Gasteiger partial charge in [0.25, 0.3) is 5.91 Å². The molecule has 0 unspecified atom stereocenters. The van der Waals surface area contributed by atoms with Gasteiger partial charge in [-0.15, -0.1) is 0 Å². The van der Waals surface area contributed by atoms with Crippen molar-refractivity contribution in [2.45, 2.75) is 77.0 Å². The average Bonchev–Trinajstić information content (AvgIpc) is 3.16. The topological polar surface area (TPSA) is 95.9 Å². The Labute approximate surface area is 205 Å². The van der Waals surface area contributed by atoms with Gasteiger partial charge in [-0.3, -0.25) is 9.59 Å². The minimum Gasteiger partial charge on any atom is -0.451 e. The highest BCUT2D eigenvalue weighted by Crippen LogP contribution is 2.60. The van der Waals surface area contributed by atoms with Gasteiger partial charge >= 0.3 is 5.97 Å². The number of likely N-dealkylation sites (tertiary alicyclic amines) is 1. The Kier molecular flexibility index (Phi) is 6.13. The lowest BCUT2D eigenvalue weighted by molar-refractivity contribution is -0.168. The Morgan fingerprint density at radius 2 is 1.74 bits per heavy atom. The van der Waals surface area contributed by atoms with Gasteiger partial charge in [-0.05, 0) is 87.8 Å². The number of nitrogens with zero attached hydrogens (tertiary/aromatic N) is 1.